The molecule has 0 saturated heterocycles. The lowest BCUT2D eigenvalue weighted by Crippen LogP contribution is -2.49. The lowest BCUT2D eigenvalue weighted by Gasteiger charge is -2.24. The van der Waals surface area contributed by atoms with E-state index in [9.17, 15) is 23.2 Å². The van der Waals surface area contributed by atoms with E-state index in [2.05, 4.69) is 10.1 Å². The highest BCUT2D eigenvalue weighted by molar-refractivity contribution is 5.95. The van der Waals surface area contributed by atoms with E-state index in [0.717, 1.165) is 24.1 Å². The number of para-hydroxylation sites is 1. The topological polar surface area (TPSA) is 71.3 Å². The molecule has 0 spiro atoms. The van der Waals surface area contributed by atoms with Gasteiger partial charge in [0, 0.05) is 5.56 Å². The number of aryl methyl sites for hydroxylation is 1. The van der Waals surface area contributed by atoms with Gasteiger partial charge in [-0.3, -0.25) is 4.79 Å². The average molecular weight is 392 g/mol. The SMILES string of the molecule is CCc1ccccc1OCC(C)(C#N)NC(=O)c1ccc(OC(F)(F)F)cc1. The maximum absolute atomic E-state index is 12.4. The normalized spacial score (nSPS) is 13.1. The van der Waals surface area contributed by atoms with Crippen LogP contribution in [0, 0.1) is 11.3 Å². The smallest absolute Gasteiger partial charge is 0.490 e. The Hall–Kier alpha value is -3.21. The van der Waals surface area contributed by atoms with Gasteiger partial charge in [0.1, 0.15) is 18.1 Å². The van der Waals surface area contributed by atoms with Gasteiger partial charge in [-0.25, -0.2) is 0 Å². The van der Waals surface area contributed by atoms with Gasteiger partial charge in [0.15, 0.2) is 5.54 Å². The number of rotatable bonds is 7. The number of alkyl halides is 3. The molecule has 8 heteroatoms. The Morgan fingerprint density at radius 3 is 2.36 bits per heavy atom. The van der Waals surface area contributed by atoms with Gasteiger partial charge in [-0.15, -0.1) is 13.2 Å². The molecular formula is C20H19F3N2O3. The number of halogens is 3. The molecule has 1 unspecified atom stereocenters. The molecule has 0 heterocycles. The van der Waals surface area contributed by atoms with Crippen LogP contribution in [0.3, 0.4) is 0 Å². The Balaban J connectivity index is 2.04. The van der Waals surface area contributed by atoms with Crippen LogP contribution in [0.4, 0.5) is 13.2 Å². The summed E-state index contributed by atoms with van der Waals surface area (Å²) in [7, 11) is 0. The van der Waals surface area contributed by atoms with E-state index in [1.54, 1.807) is 12.1 Å². The van der Waals surface area contributed by atoms with Crippen molar-refractivity contribution in [1.82, 2.24) is 5.32 Å². The monoisotopic (exact) mass is 392 g/mol. The van der Waals surface area contributed by atoms with Gasteiger partial charge in [0.05, 0.1) is 6.07 Å². The van der Waals surface area contributed by atoms with Crippen molar-refractivity contribution in [2.75, 3.05) is 6.61 Å². The minimum Gasteiger partial charge on any atom is -0.490 e. The van der Waals surface area contributed by atoms with Crippen molar-refractivity contribution in [2.24, 2.45) is 0 Å². The third kappa shape index (κ3) is 5.91. The Morgan fingerprint density at radius 1 is 1.14 bits per heavy atom. The van der Waals surface area contributed by atoms with Gasteiger partial charge >= 0.3 is 6.36 Å². The number of amides is 1. The number of nitriles is 1. The molecule has 148 valence electrons. The molecule has 0 aliphatic heterocycles. The first-order valence-corrected chi connectivity index (χ1v) is 8.46. The molecule has 5 nitrogen and oxygen atoms in total. The fraction of sp³-hybridized carbons (Fsp3) is 0.300. The molecule has 1 amide bonds. The van der Waals surface area contributed by atoms with Crippen molar-refractivity contribution in [1.29, 1.82) is 5.26 Å². The summed E-state index contributed by atoms with van der Waals surface area (Å²) in [5.74, 6) is -0.434. The van der Waals surface area contributed by atoms with E-state index in [1.807, 2.05) is 25.1 Å². The highest BCUT2D eigenvalue weighted by atomic mass is 19.4. The zero-order valence-electron chi connectivity index (χ0n) is 15.3. The molecule has 0 bridgehead atoms. The molecular weight excluding hydrogens is 373 g/mol. The third-order valence-corrected chi connectivity index (χ3v) is 3.86. The fourth-order valence-corrected chi connectivity index (χ4v) is 2.39. The number of benzene rings is 2. The summed E-state index contributed by atoms with van der Waals surface area (Å²) in [5, 5.41) is 12.0. The summed E-state index contributed by atoms with van der Waals surface area (Å²) < 4.78 is 46.1. The van der Waals surface area contributed by atoms with Crippen LogP contribution < -0.4 is 14.8 Å². The van der Waals surface area contributed by atoms with Crippen LogP contribution in [0.2, 0.25) is 0 Å². The zero-order valence-corrected chi connectivity index (χ0v) is 15.3. The summed E-state index contributed by atoms with van der Waals surface area (Å²) in [4.78, 5) is 12.4. The second kappa shape index (κ2) is 8.65. The zero-order chi connectivity index (χ0) is 20.8. The number of nitrogens with one attached hydrogen (secondary N) is 1. The molecule has 0 aliphatic rings. The Morgan fingerprint density at radius 2 is 1.79 bits per heavy atom. The molecule has 0 saturated carbocycles. The molecule has 0 aliphatic carbocycles. The first-order valence-electron chi connectivity index (χ1n) is 8.46. The van der Waals surface area contributed by atoms with E-state index in [0.29, 0.717) is 5.75 Å². The number of hydrogen-bond donors (Lipinski definition) is 1. The Labute approximate surface area is 160 Å². The summed E-state index contributed by atoms with van der Waals surface area (Å²) in [6, 6.07) is 13.8. The second-order valence-electron chi connectivity index (χ2n) is 6.22. The van der Waals surface area contributed by atoms with Crippen molar-refractivity contribution < 1.29 is 27.4 Å². The minimum absolute atomic E-state index is 0.0879. The van der Waals surface area contributed by atoms with Crippen molar-refractivity contribution in [3.05, 3.63) is 59.7 Å². The van der Waals surface area contributed by atoms with Crippen LogP contribution in [-0.4, -0.2) is 24.4 Å². The molecule has 2 aromatic rings. The van der Waals surface area contributed by atoms with Crippen LogP contribution in [0.15, 0.2) is 48.5 Å². The predicted octanol–water partition coefficient (Wildman–Crippen LogP) is 4.24. The fourth-order valence-electron chi connectivity index (χ4n) is 2.39. The highest BCUT2D eigenvalue weighted by Crippen LogP contribution is 2.23. The van der Waals surface area contributed by atoms with E-state index in [-0.39, 0.29) is 12.2 Å². The molecule has 28 heavy (non-hydrogen) atoms. The number of ether oxygens (including phenoxy) is 2. The molecule has 2 aromatic carbocycles. The lowest BCUT2D eigenvalue weighted by molar-refractivity contribution is -0.274. The predicted molar refractivity (Wildman–Crippen MR) is 95.9 cm³/mol. The third-order valence-electron chi connectivity index (χ3n) is 3.86. The minimum atomic E-state index is -4.81. The van der Waals surface area contributed by atoms with Crippen molar-refractivity contribution in [3.8, 4) is 17.6 Å². The van der Waals surface area contributed by atoms with E-state index < -0.39 is 23.6 Å². The molecule has 1 atom stereocenters. The maximum Gasteiger partial charge on any atom is 0.573 e. The highest BCUT2D eigenvalue weighted by Gasteiger charge is 2.31. The van der Waals surface area contributed by atoms with Crippen molar-refractivity contribution >= 4 is 5.91 Å². The van der Waals surface area contributed by atoms with Crippen LogP contribution in [0.1, 0.15) is 29.8 Å². The largest absolute Gasteiger partial charge is 0.573 e. The molecule has 1 N–H and O–H groups in total. The first-order chi connectivity index (χ1) is 13.2. The molecule has 0 radical (unpaired) electrons. The van der Waals surface area contributed by atoms with Gasteiger partial charge in [0.25, 0.3) is 5.91 Å². The van der Waals surface area contributed by atoms with E-state index in [1.165, 1.54) is 19.1 Å². The van der Waals surface area contributed by atoms with Gasteiger partial charge in [-0.2, -0.15) is 5.26 Å². The van der Waals surface area contributed by atoms with Crippen molar-refractivity contribution in [3.63, 3.8) is 0 Å². The molecule has 0 fully saturated rings. The quantitative estimate of drug-likeness (QED) is 0.765. The second-order valence-corrected chi connectivity index (χ2v) is 6.22. The molecule has 2 rings (SSSR count). The summed E-state index contributed by atoms with van der Waals surface area (Å²) in [5.41, 5.74) is -0.279. The van der Waals surface area contributed by atoms with E-state index in [4.69, 9.17) is 4.74 Å². The van der Waals surface area contributed by atoms with Gasteiger partial charge in [0.2, 0.25) is 0 Å². The van der Waals surface area contributed by atoms with Crippen LogP contribution in [-0.2, 0) is 6.42 Å². The number of hydrogen-bond acceptors (Lipinski definition) is 4. The summed E-state index contributed by atoms with van der Waals surface area (Å²) >= 11 is 0. The number of nitrogens with zero attached hydrogens (tertiary/aromatic N) is 1. The number of carbonyl (C=O) groups excluding carboxylic acids is 1. The van der Waals surface area contributed by atoms with Gasteiger partial charge in [-0.1, -0.05) is 25.1 Å². The van der Waals surface area contributed by atoms with E-state index >= 15 is 0 Å². The Kier molecular flexibility index (Phi) is 6.52. The van der Waals surface area contributed by atoms with Gasteiger partial charge in [-0.05, 0) is 49.2 Å². The number of carbonyl (C=O) groups is 1. The molecule has 0 aromatic heterocycles. The van der Waals surface area contributed by atoms with Gasteiger partial charge < -0.3 is 14.8 Å². The summed E-state index contributed by atoms with van der Waals surface area (Å²) in [6.07, 6.45) is -4.06. The Bertz CT molecular complexity index is 860. The van der Waals surface area contributed by atoms with Crippen LogP contribution in [0.25, 0.3) is 0 Å². The average Bonchev–Trinajstić information content (AvgIpc) is 2.66. The lowest BCUT2D eigenvalue weighted by atomic mass is 10.0. The maximum atomic E-state index is 12.4. The first kappa shape index (κ1) is 21.1. The van der Waals surface area contributed by atoms with Crippen LogP contribution in [0.5, 0.6) is 11.5 Å². The summed E-state index contributed by atoms with van der Waals surface area (Å²) in [6.45, 7) is 3.38. The van der Waals surface area contributed by atoms with Crippen LogP contribution >= 0.6 is 0 Å². The standard InChI is InChI=1S/C20H19F3N2O3/c1-3-14-6-4-5-7-17(14)27-13-19(2,12-24)25-18(26)15-8-10-16(11-9-15)28-20(21,22)23/h4-11H,3,13H2,1-2H3,(H,25,26). The van der Waals surface area contributed by atoms with Crippen molar-refractivity contribution in [2.45, 2.75) is 32.2 Å².